The van der Waals surface area contributed by atoms with Crippen LogP contribution in [-0.2, 0) is 0 Å². The molecule has 1 nitrogen and oxygen atoms in total. The monoisotopic (exact) mass is 245 g/mol. The van der Waals surface area contributed by atoms with E-state index in [4.69, 9.17) is 5.73 Å². The number of benzene rings is 1. The molecule has 2 atom stereocenters. The Balaban J connectivity index is 2.82. The van der Waals surface area contributed by atoms with E-state index in [1.807, 2.05) is 19.1 Å². The van der Waals surface area contributed by atoms with Gasteiger partial charge >= 0.3 is 0 Å². The molecule has 0 saturated carbocycles. The standard InChI is InChI=1S/C10H13BrFN/c1-7(6-13)10(12)8-3-2-4-9(11)5-8/h2-5,7,10H,6,13H2,1H3. The Morgan fingerprint density at radius 2 is 2.23 bits per heavy atom. The number of alkyl halides is 1. The molecule has 1 aromatic rings. The summed E-state index contributed by atoms with van der Waals surface area (Å²) in [5.41, 5.74) is 6.08. The first-order valence-electron chi connectivity index (χ1n) is 4.24. The summed E-state index contributed by atoms with van der Waals surface area (Å²) < 4.78 is 14.5. The fraction of sp³-hybridized carbons (Fsp3) is 0.400. The summed E-state index contributed by atoms with van der Waals surface area (Å²) in [7, 11) is 0. The van der Waals surface area contributed by atoms with Crippen molar-refractivity contribution in [3.8, 4) is 0 Å². The lowest BCUT2D eigenvalue weighted by Gasteiger charge is -2.14. The van der Waals surface area contributed by atoms with Crippen molar-refractivity contribution >= 4 is 15.9 Å². The first-order chi connectivity index (χ1) is 6.15. The topological polar surface area (TPSA) is 26.0 Å². The quantitative estimate of drug-likeness (QED) is 0.871. The van der Waals surface area contributed by atoms with E-state index in [2.05, 4.69) is 15.9 Å². The van der Waals surface area contributed by atoms with Gasteiger partial charge in [-0.2, -0.15) is 0 Å². The molecule has 2 N–H and O–H groups in total. The summed E-state index contributed by atoms with van der Waals surface area (Å²) in [5, 5.41) is 0. The lowest BCUT2D eigenvalue weighted by molar-refractivity contribution is 0.251. The molecule has 0 aliphatic rings. The highest BCUT2D eigenvalue weighted by molar-refractivity contribution is 9.10. The van der Waals surface area contributed by atoms with Crippen LogP contribution in [0.15, 0.2) is 28.7 Å². The van der Waals surface area contributed by atoms with E-state index in [0.717, 1.165) is 4.47 Å². The van der Waals surface area contributed by atoms with Crippen LogP contribution in [0.1, 0.15) is 18.7 Å². The minimum Gasteiger partial charge on any atom is -0.330 e. The Morgan fingerprint density at radius 3 is 2.77 bits per heavy atom. The molecular weight excluding hydrogens is 233 g/mol. The molecule has 0 aliphatic heterocycles. The Kier molecular flexibility index (Phi) is 3.88. The zero-order valence-electron chi connectivity index (χ0n) is 7.50. The first-order valence-corrected chi connectivity index (χ1v) is 5.04. The molecule has 2 unspecified atom stereocenters. The van der Waals surface area contributed by atoms with Crippen LogP contribution in [0, 0.1) is 5.92 Å². The van der Waals surface area contributed by atoms with E-state index in [1.165, 1.54) is 0 Å². The number of hydrogen-bond donors (Lipinski definition) is 1. The summed E-state index contributed by atoms with van der Waals surface area (Å²) >= 11 is 3.30. The number of nitrogens with two attached hydrogens (primary N) is 1. The summed E-state index contributed by atoms with van der Waals surface area (Å²) in [6.07, 6.45) is -0.970. The third-order valence-electron chi connectivity index (χ3n) is 2.04. The predicted octanol–water partition coefficient (Wildman–Crippen LogP) is 3.05. The zero-order chi connectivity index (χ0) is 9.84. The summed E-state index contributed by atoms with van der Waals surface area (Å²) in [6, 6.07) is 7.27. The molecule has 72 valence electrons. The Hall–Kier alpha value is -0.410. The van der Waals surface area contributed by atoms with Crippen LogP contribution in [0.5, 0.6) is 0 Å². The molecule has 0 aromatic heterocycles. The van der Waals surface area contributed by atoms with Gasteiger partial charge in [-0.3, -0.25) is 0 Å². The zero-order valence-corrected chi connectivity index (χ0v) is 9.09. The highest BCUT2D eigenvalue weighted by Crippen LogP contribution is 2.27. The van der Waals surface area contributed by atoms with E-state index in [0.29, 0.717) is 12.1 Å². The lowest BCUT2D eigenvalue weighted by Crippen LogP contribution is -2.16. The van der Waals surface area contributed by atoms with Crippen molar-refractivity contribution in [2.24, 2.45) is 11.7 Å². The summed E-state index contributed by atoms with van der Waals surface area (Å²) in [5.74, 6) is -0.130. The van der Waals surface area contributed by atoms with Crippen molar-refractivity contribution in [2.45, 2.75) is 13.1 Å². The average Bonchev–Trinajstić information content (AvgIpc) is 2.15. The van der Waals surface area contributed by atoms with Crippen molar-refractivity contribution < 1.29 is 4.39 Å². The number of hydrogen-bond acceptors (Lipinski definition) is 1. The predicted molar refractivity (Wildman–Crippen MR) is 56.2 cm³/mol. The van der Waals surface area contributed by atoms with Crippen molar-refractivity contribution in [1.29, 1.82) is 0 Å². The van der Waals surface area contributed by atoms with Gasteiger partial charge in [0.1, 0.15) is 6.17 Å². The van der Waals surface area contributed by atoms with Gasteiger partial charge in [0, 0.05) is 10.4 Å². The van der Waals surface area contributed by atoms with E-state index in [-0.39, 0.29) is 5.92 Å². The van der Waals surface area contributed by atoms with Gasteiger partial charge in [0.05, 0.1) is 0 Å². The van der Waals surface area contributed by atoms with Crippen LogP contribution in [-0.4, -0.2) is 6.54 Å². The van der Waals surface area contributed by atoms with E-state index in [1.54, 1.807) is 12.1 Å². The van der Waals surface area contributed by atoms with Gasteiger partial charge in [-0.1, -0.05) is 35.0 Å². The van der Waals surface area contributed by atoms with Crippen LogP contribution in [0.3, 0.4) is 0 Å². The van der Waals surface area contributed by atoms with Crippen LogP contribution in [0.25, 0.3) is 0 Å². The fourth-order valence-corrected chi connectivity index (χ4v) is 1.54. The third-order valence-corrected chi connectivity index (χ3v) is 2.53. The Labute approximate surface area is 86.3 Å². The normalized spacial score (nSPS) is 15.4. The molecule has 0 amide bonds. The maximum absolute atomic E-state index is 13.6. The van der Waals surface area contributed by atoms with Gasteiger partial charge in [0.25, 0.3) is 0 Å². The molecule has 0 bridgehead atoms. The second-order valence-electron chi connectivity index (χ2n) is 3.17. The Morgan fingerprint density at radius 1 is 1.54 bits per heavy atom. The molecule has 3 heteroatoms. The van der Waals surface area contributed by atoms with Gasteiger partial charge in [-0.25, -0.2) is 4.39 Å². The second-order valence-corrected chi connectivity index (χ2v) is 4.09. The van der Waals surface area contributed by atoms with Gasteiger partial charge < -0.3 is 5.73 Å². The van der Waals surface area contributed by atoms with Crippen LogP contribution < -0.4 is 5.73 Å². The molecule has 0 heterocycles. The van der Waals surface area contributed by atoms with Crippen molar-refractivity contribution in [2.75, 3.05) is 6.54 Å². The van der Waals surface area contributed by atoms with Crippen molar-refractivity contribution in [1.82, 2.24) is 0 Å². The molecule has 1 rings (SSSR count). The van der Waals surface area contributed by atoms with Gasteiger partial charge in [0.15, 0.2) is 0 Å². The SMILES string of the molecule is CC(CN)C(F)c1cccc(Br)c1. The highest BCUT2D eigenvalue weighted by Gasteiger charge is 2.16. The largest absolute Gasteiger partial charge is 0.330 e. The summed E-state index contributed by atoms with van der Waals surface area (Å²) in [6.45, 7) is 2.18. The maximum atomic E-state index is 13.6. The smallest absolute Gasteiger partial charge is 0.129 e. The van der Waals surface area contributed by atoms with Gasteiger partial charge in [-0.15, -0.1) is 0 Å². The van der Waals surface area contributed by atoms with E-state index < -0.39 is 6.17 Å². The number of rotatable bonds is 3. The highest BCUT2D eigenvalue weighted by atomic mass is 79.9. The van der Waals surface area contributed by atoms with Crippen molar-refractivity contribution in [3.05, 3.63) is 34.3 Å². The number of halogens is 2. The molecule has 0 spiro atoms. The molecule has 13 heavy (non-hydrogen) atoms. The van der Waals surface area contributed by atoms with E-state index in [9.17, 15) is 4.39 Å². The average molecular weight is 246 g/mol. The molecule has 0 saturated heterocycles. The Bertz CT molecular complexity index is 277. The first kappa shape index (κ1) is 10.7. The van der Waals surface area contributed by atoms with Crippen molar-refractivity contribution in [3.63, 3.8) is 0 Å². The van der Waals surface area contributed by atoms with Crippen LogP contribution in [0.2, 0.25) is 0 Å². The van der Waals surface area contributed by atoms with Gasteiger partial charge in [-0.05, 0) is 24.2 Å². The summed E-state index contributed by atoms with van der Waals surface area (Å²) in [4.78, 5) is 0. The molecular formula is C10H13BrFN. The molecule has 0 aliphatic carbocycles. The van der Waals surface area contributed by atoms with Gasteiger partial charge in [0.2, 0.25) is 0 Å². The maximum Gasteiger partial charge on any atom is 0.129 e. The lowest BCUT2D eigenvalue weighted by atomic mass is 9.99. The molecule has 0 radical (unpaired) electrons. The minimum absolute atomic E-state index is 0.130. The molecule has 1 aromatic carbocycles. The second kappa shape index (κ2) is 4.72. The van der Waals surface area contributed by atoms with Crippen LogP contribution >= 0.6 is 15.9 Å². The van der Waals surface area contributed by atoms with E-state index >= 15 is 0 Å². The minimum atomic E-state index is -0.970. The third kappa shape index (κ3) is 2.78. The van der Waals surface area contributed by atoms with Crippen LogP contribution in [0.4, 0.5) is 4.39 Å². The molecule has 0 fully saturated rings. The fourth-order valence-electron chi connectivity index (χ4n) is 1.13.